The van der Waals surface area contributed by atoms with Gasteiger partial charge < -0.3 is 15.6 Å². The first-order chi connectivity index (χ1) is 9.25. The lowest BCUT2D eigenvalue weighted by Gasteiger charge is -2.09. The topological polar surface area (TPSA) is 98.8 Å². The van der Waals surface area contributed by atoms with E-state index in [4.69, 9.17) is 10.6 Å². The Morgan fingerprint density at radius 1 is 1.32 bits per heavy atom. The van der Waals surface area contributed by atoms with Crippen molar-refractivity contribution in [1.29, 1.82) is 0 Å². The second-order valence-corrected chi connectivity index (χ2v) is 3.93. The average molecular weight is 257 g/mol. The lowest BCUT2D eigenvalue weighted by molar-refractivity contribution is 0.0932. The first kappa shape index (κ1) is 11.3. The third kappa shape index (κ3) is 2.01. The van der Waals surface area contributed by atoms with E-state index >= 15 is 0 Å². The minimum atomic E-state index is -0.407. The van der Waals surface area contributed by atoms with Gasteiger partial charge in [-0.1, -0.05) is 30.3 Å². The van der Waals surface area contributed by atoms with Gasteiger partial charge in [0, 0.05) is 0 Å². The van der Waals surface area contributed by atoms with E-state index in [9.17, 15) is 4.79 Å². The molecule has 0 amide bonds. The Balaban J connectivity index is 1.94. The molecule has 2 aromatic heterocycles. The quantitative estimate of drug-likeness (QED) is 0.704. The van der Waals surface area contributed by atoms with E-state index in [1.807, 2.05) is 30.3 Å². The minimum absolute atomic E-state index is 0.0273. The van der Waals surface area contributed by atoms with Crippen molar-refractivity contribution in [3.63, 3.8) is 0 Å². The Morgan fingerprint density at radius 3 is 2.89 bits per heavy atom. The molecule has 2 heterocycles. The normalized spacial score (nSPS) is 10.7. The van der Waals surface area contributed by atoms with Crippen LogP contribution in [-0.2, 0) is 6.61 Å². The number of nitrogens with one attached hydrogen (secondary N) is 1. The molecule has 96 valence electrons. The van der Waals surface area contributed by atoms with Crippen LogP contribution in [0.15, 0.2) is 41.5 Å². The number of aromatic nitrogens is 4. The lowest BCUT2D eigenvalue weighted by atomic mass is 10.2. The molecule has 0 spiro atoms. The average Bonchev–Trinajstić information content (AvgIpc) is 2.88. The van der Waals surface area contributed by atoms with Gasteiger partial charge >= 0.3 is 5.56 Å². The molecule has 3 rings (SSSR count). The molecule has 3 aromatic rings. The fourth-order valence-electron chi connectivity index (χ4n) is 1.73. The maximum absolute atomic E-state index is 12.1. The van der Waals surface area contributed by atoms with E-state index in [0.29, 0.717) is 0 Å². The molecule has 3 N–H and O–H groups in total. The molecular formula is C12H11N5O2. The largest absolute Gasteiger partial charge is 0.402 e. The summed E-state index contributed by atoms with van der Waals surface area (Å²) in [6, 6.07) is 9.47. The van der Waals surface area contributed by atoms with Crippen molar-refractivity contribution in [2.45, 2.75) is 6.61 Å². The van der Waals surface area contributed by atoms with Gasteiger partial charge in [-0.2, -0.15) is 4.98 Å². The predicted molar refractivity (Wildman–Crippen MR) is 69.3 cm³/mol. The summed E-state index contributed by atoms with van der Waals surface area (Å²) in [6.45, 7) is 0.228. The van der Waals surface area contributed by atoms with Gasteiger partial charge in [-0.15, -0.1) is 4.73 Å². The van der Waals surface area contributed by atoms with Gasteiger partial charge in [0.15, 0.2) is 11.2 Å². The summed E-state index contributed by atoms with van der Waals surface area (Å²) in [5.74, 6) is -0.0273. The van der Waals surface area contributed by atoms with Crippen LogP contribution in [0.2, 0.25) is 0 Å². The van der Waals surface area contributed by atoms with Gasteiger partial charge in [-0.25, -0.2) is 4.98 Å². The zero-order chi connectivity index (χ0) is 13.2. The Morgan fingerprint density at radius 2 is 2.11 bits per heavy atom. The monoisotopic (exact) mass is 257 g/mol. The Labute approximate surface area is 107 Å². The molecule has 0 fully saturated rings. The number of aromatic amines is 1. The molecular weight excluding hydrogens is 246 g/mol. The van der Waals surface area contributed by atoms with E-state index < -0.39 is 5.56 Å². The van der Waals surface area contributed by atoms with Crippen LogP contribution in [-0.4, -0.2) is 19.7 Å². The maximum atomic E-state index is 12.1. The van der Waals surface area contributed by atoms with Crippen LogP contribution in [0.5, 0.6) is 0 Å². The SMILES string of the molecule is Nc1nc2nc[nH]c2c(=O)n1OCc1ccccc1. The smallest absolute Gasteiger partial charge is 0.314 e. The standard InChI is InChI=1S/C12H11N5O2/c13-12-16-10-9(14-7-15-10)11(18)17(12)19-6-8-4-2-1-3-5-8/h1-5,7H,6H2,(H2,13,16)(H,14,15). The molecule has 0 saturated heterocycles. The number of imidazole rings is 1. The van der Waals surface area contributed by atoms with Crippen molar-refractivity contribution < 1.29 is 4.84 Å². The number of anilines is 1. The molecule has 0 atom stereocenters. The first-order valence-corrected chi connectivity index (χ1v) is 5.64. The summed E-state index contributed by atoms with van der Waals surface area (Å²) >= 11 is 0. The van der Waals surface area contributed by atoms with Crippen LogP contribution < -0.4 is 16.1 Å². The van der Waals surface area contributed by atoms with Crippen LogP contribution in [0.3, 0.4) is 0 Å². The zero-order valence-corrected chi connectivity index (χ0v) is 9.91. The highest BCUT2D eigenvalue weighted by Gasteiger charge is 2.11. The number of benzene rings is 1. The molecule has 7 heteroatoms. The second kappa shape index (κ2) is 4.45. The van der Waals surface area contributed by atoms with Crippen molar-refractivity contribution in [2.24, 2.45) is 0 Å². The van der Waals surface area contributed by atoms with Gasteiger partial charge in [0.25, 0.3) is 0 Å². The summed E-state index contributed by atoms with van der Waals surface area (Å²) in [5.41, 5.74) is 6.75. The van der Waals surface area contributed by atoms with Gasteiger partial charge in [-0.3, -0.25) is 4.79 Å². The third-order valence-electron chi connectivity index (χ3n) is 2.65. The number of fused-ring (bicyclic) bond motifs is 1. The number of nitrogen functional groups attached to an aromatic ring is 1. The van der Waals surface area contributed by atoms with Crippen LogP contribution in [0.1, 0.15) is 5.56 Å². The molecule has 1 aromatic carbocycles. The van der Waals surface area contributed by atoms with Crippen LogP contribution >= 0.6 is 0 Å². The molecule has 0 aliphatic carbocycles. The van der Waals surface area contributed by atoms with Crippen LogP contribution in [0.25, 0.3) is 11.2 Å². The number of rotatable bonds is 3. The highest BCUT2D eigenvalue weighted by molar-refractivity contribution is 5.69. The number of nitrogens with two attached hydrogens (primary N) is 1. The Bertz CT molecular complexity index is 763. The zero-order valence-electron chi connectivity index (χ0n) is 9.91. The van der Waals surface area contributed by atoms with Crippen molar-refractivity contribution in [1.82, 2.24) is 19.7 Å². The molecule has 0 unspecified atom stereocenters. The van der Waals surface area contributed by atoms with Crippen LogP contribution in [0.4, 0.5) is 5.95 Å². The lowest BCUT2D eigenvalue weighted by Crippen LogP contribution is -2.30. The second-order valence-electron chi connectivity index (χ2n) is 3.93. The molecule has 0 aliphatic rings. The van der Waals surface area contributed by atoms with Gasteiger partial charge in [-0.05, 0) is 5.56 Å². The van der Waals surface area contributed by atoms with Crippen molar-refractivity contribution in [3.05, 3.63) is 52.6 Å². The molecule has 7 nitrogen and oxygen atoms in total. The summed E-state index contributed by atoms with van der Waals surface area (Å²) in [6.07, 6.45) is 1.39. The molecule has 0 aliphatic heterocycles. The summed E-state index contributed by atoms with van der Waals surface area (Å²) in [7, 11) is 0. The fraction of sp³-hybridized carbons (Fsp3) is 0.0833. The highest BCUT2D eigenvalue weighted by Crippen LogP contribution is 2.04. The molecule has 0 saturated carbocycles. The van der Waals surface area contributed by atoms with E-state index in [1.165, 1.54) is 6.33 Å². The van der Waals surface area contributed by atoms with E-state index in [0.717, 1.165) is 10.3 Å². The van der Waals surface area contributed by atoms with E-state index in [2.05, 4.69) is 15.0 Å². The highest BCUT2D eigenvalue weighted by atomic mass is 16.7. The number of nitrogens with zero attached hydrogens (tertiary/aromatic N) is 3. The van der Waals surface area contributed by atoms with Gasteiger partial charge in [0.05, 0.1) is 6.33 Å². The maximum Gasteiger partial charge on any atom is 0.314 e. The number of hydrogen-bond donors (Lipinski definition) is 2. The van der Waals surface area contributed by atoms with Crippen LogP contribution in [0, 0.1) is 0 Å². The summed E-state index contributed by atoms with van der Waals surface area (Å²) in [4.78, 5) is 28.1. The predicted octanol–water partition coefficient (Wildman–Crippen LogP) is 0.331. The molecule has 0 bridgehead atoms. The Kier molecular flexibility index (Phi) is 2.64. The minimum Gasteiger partial charge on any atom is -0.402 e. The fourth-order valence-corrected chi connectivity index (χ4v) is 1.73. The first-order valence-electron chi connectivity index (χ1n) is 5.64. The third-order valence-corrected chi connectivity index (χ3v) is 2.65. The Hall–Kier alpha value is -2.83. The van der Waals surface area contributed by atoms with Crippen molar-refractivity contribution in [3.8, 4) is 0 Å². The summed E-state index contributed by atoms with van der Waals surface area (Å²) < 4.78 is 0.966. The van der Waals surface area contributed by atoms with Gasteiger partial charge in [0.2, 0.25) is 5.95 Å². The molecule has 0 radical (unpaired) electrons. The number of hydrogen-bond acceptors (Lipinski definition) is 5. The van der Waals surface area contributed by atoms with Crippen molar-refractivity contribution >= 4 is 17.1 Å². The van der Waals surface area contributed by atoms with E-state index in [1.54, 1.807) is 0 Å². The number of H-pyrrole nitrogens is 1. The summed E-state index contributed by atoms with van der Waals surface area (Å²) in [5, 5.41) is 0. The van der Waals surface area contributed by atoms with E-state index in [-0.39, 0.29) is 23.7 Å². The van der Waals surface area contributed by atoms with Gasteiger partial charge in [0.1, 0.15) is 6.61 Å². The molecule has 19 heavy (non-hydrogen) atoms. The van der Waals surface area contributed by atoms with Crippen molar-refractivity contribution in [2.75, 3.05) is 5.73 Å².